The second-order valence-electron chi connectivity index (χ2n) is 9.16. The number of hydrogen-bond acceptors (Lipinski definition) is 3. The summed E-state index contributed by atoms with van der Waals surface area (Å²) < 4.78 is 2.21. The Morgan fingerprint density at radius 2 is 1.58 bits per heavy atom. The SMILES string of the molecule is CCN1CCN(c2c(C)c(C(=O)Nc3ccc(C)cc3)n(Cc3ccccc3C)c2C)CC1. The van der Waals surface area contributed by atoms with Crippen LogP contribution in [0.25, 0.3) is 0 Å². The lowest BCUT2D eigenvalue weighted by Gasteiger charge is -2.36. The third-order valence-electron chi connectivity index (χ3n) is 6.98. The predicted octanol–water partition coefficient (Wildman–Crippen LogP) is 5.16. The first-order valence-electron chi connectivity index (χ1n) is 12.0. The number of nitrogens with one attached hydrogen (secondary N) is 1. The highest BCUT2D eigenvalue weighted by Gasteiger charge is 2.28. The van der Waals surface area contributed by atoms with Gasteiger partial charge in [-0.05, 0) is 57.5 Å². The molecule has 2 aromatic carbocycles. The molecule has 1 aromatic heterocycles. The Bertz CT molecular complexity index is 1120. The molecule has 0 bridgehead atoms. The Hall–Kier alpha value is -3.05. The first kappa shape index (κ1) is 23.1. The highest BCUT2D eigenvalue weighted by Crippen LogP contribution is 2.33. The minimum atomic E-state index is -0.0496. The average molecular weight is 445 g/mol. The molecule has 0 spiro atoms. The molecule has 1 amide bonds. The van der Waals surface area contributed by atoms with Crippen molar-refractivity contribution in [3.8, 4) is 0 Å². The summed E-state index contributed by atoms with van der Waals surface area (Å²) in [4.78, 5) is 18.6. The molecular weight excluding hydrogens is 408 g/mol. The fourth-order valence-corrected chi connectivity index (χ4v) is 4.91. The average Bonchev–Trinajstić information content (AvgIpc) is 3.06. The van der Waals surface area contributed by atoms with Crippen LogP contribution in [0.2, 0.25) is 0 Å². The molecule has 1 saturated heterocycles. The van der Waals surface area contributed by atoms with Gasteiger partial charge in [-0.25, -0.2) is 0 Å². The van der Waals surface area contributed by atoms with Gasteiger partial charge in [0.15, 0.2) is 0 Å². The summed E-state index contributed by atoms with van der Waals surface area (Å²) in [5.41, 5.74) is 8.68. The molecule has 1 N–H and O–H groups in total. The van der Waals surface area contributed by atoms with Crippen LogP contribution in [0.3, 0.4) is 0 Å². The number of amides is 1. The molecule has 3 aromatic rings. The maximum absolute atomic E-state index is 13.6. The van der Waals surface area contributed by atoms with Crippen LogP contribution in [0, 0.1) is 27.7 Å². The standard InChI is InChI=1S/C28H36N4O/c1-6-30-15-17-31(18-16-30)26-22(4)27(28(33)29-25-13-11-20(2)12-14-25)32(23(26)5)19-24-10-8-7-9-21(24)3/h7-14H,6,15-19H2,1-5H3,(H,29,33). The van der Waals surface area contributed by atoms with Crippen LogP contribution in [0.1, 0.15) is 45.4 Å². The van der Waals surface area contributed by atoms with Crippen LogP contribution >= 0.6 is 0 Å². The number of aromatic nitrogens is 1. The molecule has 1 aliphatic heterocycles. The van der Waals surface area contributed by atoms with Crippen LogP contribution in [-0.2, 0) is 6.54 Å². The molecule has 174 valence electrons. The number of hydrogen-bond donors (Lipinski definition) is 1. The van der Waals surface area contributed by atoms with E-state index in [4.69, 9.17) is 0 Å². The van der Waals surface area contributed by atoms with Crippen molar-refractivity contribution in [3.63, 3.8) is 0 Å². The van der Waals surface area contributed by atoms with E-state index >= 15 is 0 Å². The van der Waals surface area contributed by atoms with Gasteiger partial charge in [-0.2, -0.15) is 0 Å². The molecule has 0 radical (unpaired) electrons. The largest absolute Gasteiger partial charge is 0.367 e. The molecule has 5 heteroatoms. The Kier molecular flexibility index (Phi) is 6.89. The van der Waals surface area contributed by atoms with Crippen LogP contribution in [0.5, 0.6) is 0 Å². The van der Waals surface area contributed by atoms with Crippen molar-refractivity contribution in [2.75, 3.05) is 42.9 Å². The number of aryl methyl sites for hydroxylation is 2. The number of carbonyl (C=O) groups is 1. The van der Waals surface area contributed by atoms with E-state index in [9.17, 15) is 4.79 Å². The molecule has 5 nitrogen and oxygen atoms in total. The van der Waals surface area contributed by atoms with Crippen LogP contribution in [0.4, 0.5) is 11.4 Å². The lowest BCUT2D eigenvalue weighted by molar-refractivity contribution is 0.101. The van der Waals surface area contributed by atoms with Gasteiger partial charge in [-0.15, -0.1) is 0 Å². The molecular formula is C28H36N4O. The minimum absolute atomic E-state index is 0.0496. The van der Waals surface area contributed by atoms with Gasteiger partial charge < -0.3 is 19.7 Å². The molecule has 0 unspecified atom stereocenters. The Balaban J connectivity index is 1.73. The quantitative estimate of drug-likeness (QED) is 0.571. The van der Waals surface area contributed by atoms with E-state index in [0.29, 0.717) is 6.54 Å². The first-order chi connectivity index (χ1) is 15.9. The van der Waals surface area contributed by atoms with Crippen molar-refractivity contribution in [3.05, 3.63) is 82.2 Å². The number of likely N-dealkylation sites (N-methyl/N-ethyl adjacent to an activating group) is 1. The summed E-state index contributed by atoms with van der Waals surface area (Å²) in [6.45, 7) is 16.5. The van der Waals surface area contributed by atoms with Crippen LogP contribution < -0.4 is 10.2 Å². The molecule has 0 atom stereocenters. The van der Waals surface area contributed by atoms with Gasteiger partial charge in [0.2, 0.25) is 0 Å². The van der Waals surface area contributed by atoms with Gasteiger partial charge in [0, 0.05) is 49.7 Å². The van der Waals surface area contributed by atoms with Crippen LogP contribution in [0.15, 0.2) is 48.5 Å². The lowest BCUT2D eigenvalue weighted by atomic mass is 10.1. The van der Waals surface area contributed by atoms with E-state index in [2.05, 4.69) is 78.6 Å². The third-order valence-corrected chi connectivity index (χ3v) is 6.98. The topological polar surface area (TPSA) is 40.5 Å². The summed E-state index contributed by atoms with van der Waals surface area (Å²) in [6.07, 6.45) is 0. The Morgan fingerprint density at radius 3 is 2.21 bits per heavy atom. The first-order valence-corrected chi connectivity index (χ1v) is 12.0. The van der Waals surface area contributed by atoms with Crippen LogP contribution in [-0.4, -0.2) is 48.1 Å². The molecule has 4 rings (SSSR count). The maximum atomic E-state index is 13.6. The van der Waals surface area contributed by atoms with E-state index in [1.165, 1.54) is 22.4 Å². The monoisotopic (exact) mass is 444 g/mol. The fraction of sp³-hybridized carbons (Fsp3) is 0.393. The van der Waals surface area contributed by atoms with Gasteiger partial charge in [-0.3, -0.25) is 4.79 Å². The number of anilines is 2. The summed E-state index contributed by atoms with van der Waals surface area (Å²) in [6, 6.07) is 16.4. The van der Waals surface area contributed by atoms with E-state index in [1.807, 2.05) is 24.3 Å². The molecule has 1 aliphatic rings. The lowest BCUT2D eigenvalue weighted by Crippen LogP contribution is -2.46. The molecule has 2 heterocycles. The minimum Gasteiger partial charge on any atom is -0.367 e. The van der Waals surface area contributed by atoms with Crippen molar-refractivity contribution in [2.45, 2.75) is 41.2 Å². The normalized spacial score (nSPS) is 14.5. The second kappa shape index (κ2) is 9.84. The number of benzene rings is 2. The van der Waals surface area contributed by atoms with E-state index in [0.717, 1.165) is 55.4 Å². The van der Waals surface area contributed by atoms with Gasteiger partial charge in [0.1, 0.15) is 5.69 Å². The summed E-state index contributed by atoms with van der Waals surface area (Å²) in [5, 5.41) is 3.14. The van der Waals surface area contributed by atoms with E-state index in [1.54, 1.807) is 0 Å². The summed E-state index contributed by atoms with van der Waals surface area (Å²) in [7, 11) is 0. The third kappa shape index (κ3) is 4.83. The van der Waals surface area contributed by atoms with E-state index < -0.39 is 0 Å². The molecule has 0 aliphatic carbocycles. The van der Waals surface area contributed by atoms with Crippen molar-refractivity contribution >= 4 is 17.3 Å². The predicted molar refractivity (Wildman–Crippen MR) is 138 cm³/mol. The number of rotatable bonds is 6. The Morgan fingerprint density at radius 1 is 0.909 bits per heavy atom. The smallest absolute Gasteiger partial charge is 0.272 e. The zero-order valence-electron chi connectivity index (χ0n) is 20.6. The zero-order valence-corrected chi connectivity index (χ0v) is 20.6. The van der Waals surface area contributed by atoms with Crippen molar-refractivity contribution in [1.29, 1.82) is 0 Å². The fourth-order valence-electron chi connectivity index (χ4n) is 4.91. The van der Waals surface area contributed by atoms with Crippen molar-refractivity contribution in [1.82, 2.24) is 9.47 Å². The van der Waals surface area contributed by atoms with E-state index in [-0.39, 0.29) is 5.91 Å². The molecule has 0 saturated carbocycles. The zero-order chi connectivity index (χ0) is 23.5. The highest BCUT2D eigenvalue weighted by atomic mass is 16.2. The maximum Gasteiger partial charge on any atom is 0.272 e. The summed E-state index contributed by atoms with van der Waals surface area (Å²) in [5.74, 6) is -0.0496. The van der Waals surface area contributed by atoms with Gasteiger partial charge >= 0.3 is 0 Å². The van der Waals surface area contributed by atoms with Gasteiger partial charge in [0.05, 0.1) is 5.69 Å². The Labute approximate surface area is 198 Å². The van der Waals surface area contributed by atoms with Gasteiger partial charge in [-0.1, -0.05) is 48.9 Å². The molecule has 1 fully saturated rings. The highest BCUT2D eigenvalue weighted by molar-refractivity contribution is 6.05. The molecule has 33 heavy (non-hydrogen) atoms. The number of piperazine rings is 1. The number of nitrogens with zero attached hydrogens (tertiary/aromatic N) is 3. The second-order valence-corrected chi connectivity index (χ2v) is 9.16. The summed E-state index contributed by atoms with van der Waals surface area (Å²) >= 11 is 0. The van der Waals surface area contributed by atoms with Crippen molar-refractivity contribution in [2.24, 2.45) is 0 Å². The van der Waals surface area contributed by atoms with Gasteiger partial charge in [0.25, 0.3) is 5.91 Å². The van der Waals surface area contributed by atoms with Crippen molar-refractivity contribution < 1.29 is 4.79 Å². The number of carbonyl (C=O) groups excluding carboxylic acids is 1.